The average Bonchev–Trinajstić information content (AvgIpc) is 2.94. The van der Waals surface area contributed by atoms with Crippen molar-refractivity contribution in [2.24, 2.45) is 0 Å². The van der Waals surface area contributed by atoms with Gasteiger partial charge in [0.2, 0.25) is 6.34 Å². The number of nitrogens with zero attached hydrogens (tertiary/aromatic N) is 2. The van der Waals surface area contributed by atoms with Crippen LogP contribution in [0.25, 0.3) is 0 Å². The second-order valence-electron chi connectivity index (χ2n) is 6.58. The van der Waals surface area contributed by atoms with E-state index in [0.717, 1.165) is 13.1 Å². The molecule has 0 spiro atoms. The molecule has 1 aliphatic heterocycles. The largest absolute Gasteiger partial charge is 0.673 e. The van der Waals surface area contributed by atoms with Gasteiger partial charge in [-0.3, -0.25) is 0 Å². The minimum Gasteiger partial charge on any atom is -0.418 e. The van der Waals surface area contributed by atoms with Crippen molar-refractivity contribution in [2.75, 3.05) is 18.0 Å². The van der Waals surface area contributed by atoms with Gasteiger partial charge in [0.1, 0.15) is 24.5 Å². The summed E-state index contributed by atoms with van der Waals surface area (Å²) in [5.74, 6) is 0. The van der Waals surface area contributed by atoms with Crippen LogP contribution < -0.4 is 4.90 Å². The molecular weight excluding hydrogens is 343 g/mol. The summed E-state index contributed by atoms with van der Waals surface area (Å²) in [6.07, 6.45) is 2.25. The van der Waals surface area contributed by atoms with Crippen molar-refractivity contribution in [1.82, 2.24) is 0 Å². The predicted molar refractivity (Wildman–Crippen MR) is 100 cm³/mol. The van der Waals surface area contributed by atoms with Crippen molar-refractivity contribution in [2.45, 2.75) is 27.7 Å². The van der Waals surface area contributed by atoms with Gasteiger partial charge >= 0.3 is 7.25 Å². The van der Waals surface area contributed by atoms with Crippen LogP contribution in [0.2, 0.25) is 0 Å². The number of anilines is 1. The second kappa shape index (κ2) is 7.93. The number of hydrogen-bond acceptors (Lipinski definition) is 1. The SMILES string of the molecule is Cc1ccc(N2C=[N+](c3ccc(C)cc3C)CC2)c(C)c1.F[B-](F)(F)F. The van der Waals surface area contributed by atoms with Gasteiger partial charge in [0.25, 0.3) is 0 Å². The highest BCUT2D eigenvalue weighted by molar-refractivity contribution is 6.50. The molecule has 26 heavy (non-hydrogen) atoms. The summed E-state index contributed by atoms with van der Waals surface area (Å²) in [5, 5.41) is 0. The van der Waals surface area contributed by atoms with Gasteiger partial charge in [-0.25, -0.2) is 9.48 Å². The van der Waals surface area contributed by atoms with E-state index >= 15 is 0 Å². The van der Waals surface area contributed by atoms with Crippen molar-refractivity contribution in [3.8, 4) is 0 Å². The van der Waals surface area contributed by atoms with Crippen LogP contribution >= 0.6 is 0 Å². The van der Waals surface area contributed by atoms with Gasteiger partial charge in [0.15, 0.2) is 0 Å². The van der Waals surface area contributed by atoms with Crippen LogP contribution in [0.4, 0.5) is 28.6 Å². The number of halogens is 4. The van der Waals surface area contributed by atoms with E-state index in [1.165, 1.54) is 33.6 Å². The monoisotopic (exact) mass is 366 g/mol. The van der Waals surface area contributed by atoms with Gasteiger partial charge in [-0.2, -0.15) is 0 Å². The molecule has 0 bridgehead atoms. The molecule has 0 atom stereocenters. The van der Waals surface area contributed by atoms with E-state index in [0.29, 0.717) is 0 Å². The Morgan fingerprint density at radius 2 is 1.38 bits per heavy atom. The lowest BCUT2D eigenvalue weighted by Crippen LogP contribution is -2.19. The third-order valence-corrected chi connectivity index (χ3v) is 4.18. The molecule has 7 heteroatoms. The Kier molecular flexibility index (Phi) is 6.11. The molecule has 2 nitrogen and oxygen atoms in total. The average molecular weight is 366 g/mol. The van der Waals surface area contributed by atoms with E-state index < -0.39 is 7.25 Å². The Morgan fingerprint density at radius 1 is 0.846 bits per heavy atom. The zero-order chi connectivity index (χ0) is 19.5. The summed E-state index contributed by atoms with van der Waals surface area (Å²) in [6, 6.07) is 13.3. The number of aryl methyl sites for hydroxylation is 4. The van der Waals surface area contributed by atoms with Crippen LogP contribution in [-0.2, 0) is 0 Å². The Balaban J connectivity index is 0.000000431. The first-order valence-corrected chi connectivity index (χ1v) is 8.45. The Hall–Kier alpha value is -2.31. The number of hydrogen-bond donors (Lipinski definition) is 0. The first-order valence-electron chi connectivity index (χ1n) is 8.45. The second-order valence-corrected chi connectivity index (χ2v) is 6.58. The lowest BCUT2D eigenvalue weighted by atomic mass is 10.1. The maximum Gasteiger partial charge on any atom is 0.673 e. The molecule has 0 saturated carbocycles. The fraction of sp³-hybridized carbons (Fsp3) is 0.316. The van der Waals surface area contributed by atoms with Crippen molar-refractivity contribution in [1.29, 1.82) is 0 Å². The van der Waals surface area contributed by atoms with E-state index in [1.807, 2.05) is 0 Å². The molecule has 0 aliphatic carbocycles. The van der Waals surface area contributed by atoms with Crippen LogP contribution in [0.5, 0.6) is 0 Å². The molecule has 0 saturated heterocycles. The van der Waals surface area contributed by atoms with Crippen LogP contribution in [0, 0.1) is 27.7 Å². The lowest BCUT2D eigenvalue weighted by molar-refractivity contribution is -0.424. The van der Waals surface area contributed by atoms with Crippen LogP contribution in [0.3, 0.4) is 0 Å². The summed E-state index contributed by atoms with van der Waals surface area (Å²) in [4.78, 5) is 2.36. The molecule has 0 radical (unpaired) electrons. The van der Waals surface area contributed by atoms with E-state index in [2.05, 4.69) is 79.9 Å². The third-order valence-electron chi connectivity index (χ3n) is 4.18. The van der Waals surface area contributed by atoms with Gasteiger partial charge in [-0.1, -0.05) is 35.4 Å². The van der Waals surface area contributed by atoms with Crippen molar-refractivity contribution in [3.63, 3.8) is 0 Å². The molecule has 1 aliphatic rings. The summed E-state index contributed by atoms with van der Waals surface area (Å²) < 4.78 is 41.4. The van der Waals surface area contributed by atoms with E-state index in [4.69, 9.17) is 0 Å². The lowest BCUT2D eigenvalue weighted by Gasteiger charge is -2.09. The Morgan fingerprint density at radius 3 is 1.92 bits per heavy atom. The smallest absolute Gasteiger partial charge is 0.418 e. The van der Waals surface area contributed by atoms with Crippen LogP contribution in [0.1, 0.15) is 22.3 Å². The maximum atomic E-state index is 9.75. The molecule has 0 unspecified atom stereocenters. The molecule has 2 aromatic carbocycles. The molecule has 1 heterocycles. The first kappa shape index (κ1) is 20.0. The molecular formula is C19H23BF4N2. The molecule has 0 N–H and O–H groups in total. The van der Waals surface area contributed by atoms with E-state index in [1.54, 1.807) is 0 Å². The van der Waals surface area contributed by atoms with Gasteiger partial charge < -0.3 is 17.3 Å². The Bertz CT molecular complexity index is 810. The number of rotatable bonds is 2. The topological polar surface area (TPSA) is 6.25 Å². The van der Waals surface area contributed by atoms with Gasteiger partial charge in [0.05, 0.1) is 0 Å². The van der Waals surface area contributed by atoms with Gasteiger partial charge in [-0.15, -0.1) is 0 Å². The van der Waals surface area contributed by atoms with Crippen LogP contribution in [0.15, 0.2) is 36.4 Å². The van der Waals surface area contributed by atoms with Crippen molar-refractivity contribution < 1.29 is 21.8 Å². The summed E-state index contributed by atoms with van der Waals surface area (Å²) in [5.41, 5.74) is 7.95. The molecule has 140 valence electrons. The highest BCUT2D eigenvalue weighted by Gasteiger charge is 2.24. The highest BCUT2D eigenvalue weighted by atomic mass is 19.5. The third kappa shape index (κ3) is 5.61. The van der Waals surface area contributed by atoms with Crippen molar-refractivity contribution >= 4 is 25.0 Å². The minimum atomic E-state index is -6.00. The van der Waals surface area contributed by atoms with Crippen molar-refractivity contribution in [3.05, 3.63) is 58.7 Å². The van der Waals surface area contributed by atoms with E-state index in [9.17, 15) is 17.3 Å². The molecule has 0 amide bonds. The predicted octanol–water partition coefficient (Wildman–Crippen LogP) is 5.41. The molecule has 2 aromatic rings. The van der Waals surface area contributed by atoms with Gasteiger partial charge in [-0.05, 0) is 51.0 Å². The van der Waals surface area contributed by atoms with Gasteiger partial charge in [0, 0.05) is 0 Å². The zero-order valence-electron chi connectivity index (χ0n) is 15.4. The first-order chi connectivity index (χ1) is 12.0. The highest BCUT2D eigenvalue weighted by Crippen LogP contribution is 2.25. The standard InChI is InChI=1S/C19H23N2.BF4/c1-14-5-7-18(16(3)11-14)20-9-10-21(13-20)19-8-6-15(2)12-17(19)4;2-1(3,4)5/h5-8,11-13H,9-10H2,1-4H3;/q+1;-1. The zero-order valence-corrected chi connectivity index (χ0v) is 15.4. The Labute approximate surface area is 151 Å². The normalized spacial score (nSPS) is 14.0. The quantitative estimate of drug-likeness (QED) is 0.391. The fourth-order valence-electron chi connectivity index (χ4n) is 3.12. The summed E-state index contributed by atoms with van der Waals surface area (Å²) in [7, 11) is -6.00. The molecule has 0 fully saturated rings. The molecule has 3 rings (SSSR count). The fourth-order valence-corrected chi connectivity index (χ4v) is 3.12. The van der Waals surface area contributed by atoms with Crippen LogP contribution in [-0.4, -0.2) is 31.3 Å². The minimum absolute atomic E-state index is 1.04. The summed E-state index contributed by atoms with van der Waals surface area (Å²) >= 11 is 0. The maximum absolute atomic E-state index is 9.75. The number of benzene rings is 2. The summed E-state index contributed by atoms with van der Waals surface area (Å²) in [6.45, 7) is 10.7. The van der Waals surface area contributed by atoms with E-state index in [-0.39, 0.29) is 0 Å². The molecule has 0 aromatic heterocycles.